The van der Waals surface area contributed by atoms with E-state index in [-0.39, 0.29) is 0 Å². The van der Waals surface area contributed by atoms with Gasteiger partial charge in [0.05, 0.1) is 0 Å². The Balaban J connectivity index is 3.39. The molecule has 1 nitrogen and oxygen atoms in total. The lowest BCUT2D eigenvalue weighted by Crippen LogP contribution is -2.29. The highest BCUT2D eigenvalue weighted by molar-refractivity contribution is 5.08. The fourth-order valence-corrected chi connectivity index (χ4v) is 4.39. The minimum atomic E-state index is 0.339. The highest BCUT2D eigenvalue weighted by Crippen LogP contribution is 2.17. The Labute approximate surface area is 209 Å². The molecule has 0 fully saturated rings. The van der Waals surface area contributed by atoms with Crippen molar-refractivity contribution in [3.8, 4) is 0 Å². The number of nitrogens with one attached hydrogen (secondary N) is 1. The van der Waals surface area contributed by atoms with Gasteiger partial charge in [-0.25, -0.2) is 0 Å². The molecule has 0 aliphatic rings. The summed E-state index contributed by atoms with van der Waals surface area (Å²) in [6.07, 6.45) is 26.9. The summed E-state index contributed by atoms with van der Waals surface area (Å²) in [6.45, 7) is 22.7. The zero-order valence-corrected chi connectivity index (χ0v) is 23.0. The maximum absolute atomic E-state index is 4.24. The topological polar surface area (TPSA) is 12.0 Å². The smallest absolute Gasteiger partial charge is 0.0468 e. The van der Waals surface area contributed by atoms with E-state index >= 15 is 0 Å². The highest BCUT2D eigenvalue weighted by Gasteiger charge is 2.09. The second kappa shape index (κ2) is 22.5. The number of hydrogen-bond acceptors (Lipinski definition) is 1. The molecule has 0 radical (unpaired) electrons. The Morgan fingerprint density at radius 2 is 0.818 bits per heavy atom. The van der Waals surface area contributed by atoms with Crippen molar-refractivity contribution < 1.29 is 0 Å². The molecule has 0 aromatic carbocycles. The Morgan fingerprint density at radius 3 is 1.15 bits per heavy atom. The van der Waals surface area contributed by atoms with Crippen molar-refractivity contribution in [2.75, 3.05) is 0 Å². The van der Waals surface area contributed by atoms with Gasteiger partial charge in [0.15, 0.2) is 0 Å². The molecule has 0 rings (SSSR count). The minimum Gasteiger partial charge on any atom is -0.382 e. The lowest BCUT2D eigenvalue weighted by Gasteiger charge is -2.22. The third-order valence-corrected chi connectivity index (χ3v) is 6.67. The molecule has 1 heteroatoms. The normalized spacial score (nSPS) is 11.8. The van der Waals surface area contributed by atoms with Gasteiger partial charge in [-0.05, 0) is 59.3 Å². The summed E-state index contributed by atoms with van der Waals surface area (Å²) in [5.41, 5.74) is 4.95. The maximum atomic E-state index is 4.24. The molecule has 0 saturated carbocycles. The molecule has 192 valence electrons. The summed E-state index contributed by atoms with van der Waals surface area (Å²) in [7, 11) is 0. The van der Waals surface area contributed by atoms with Gasteiger partial charge in [-0.3, -0.25) is 0 Å². The predicted molar refractivity (Wildman–Crippen MR) is 153 cm³/mol. The predicted octanol–water partition coefficient (Wildman–Crippen LogP) is 11.0. The van der Waals surface area contributed by atoms with Crippen LogP contribution in [0.3, 0.4) is 0 Å². The van der Waals surface area contributed by atoms with Gasteiger partial charge in [0.25, 0.3) is 0 Å². The van der Waals surface area contributed by atoms with Crippen molar-refractivity contribution in [3.05, 3.63) is 48.7 Å². The van der Waals surface area contributed by atoms with Crippen LogP contribution in [0.25, 0.3) is 0 Å². The first-order valence-electron chi connectivity index (χ1n) is 14.2. The van der Waals surface area contributed by atoms with E-state index in [4.69, 9.17) is 0 Å². The van der Waals surface area contributed by atoms with Gasteiger partial charge in [-0.2, -0.15) is 0 Å². The van der Waals surface area contributed by atoms with Crippen molar-refractivity contribution in [3.63, 3.8) is 0 Å². The van der Waals surface area contributed by atoms with Gasteiger partial charge in [0.2, 0.25) is 0 Å². The Morgan fingerprint density at radius 1 is 0.485 bits per heavy atom. The third-order valence-electron chi connectivity index (χ3n) is 6.67. The van der Waals surface area contributed by atoms with Gasteiger partial charge >= 0.3 is 0 Å². The molecule has 0 bridgehead atoms. The molecule has 0 spiro atoms. The first kappa shape index (κ1) is 31.8. The van der Waals surface area contributed by atoms with E-state index in [1.54, 1.807) is 0 Å². The lowest BCUT2D eigenvalue weighted by atomic mass is 10.0. The SMILES string of the molecule is C=C(C)CCCCCCCCCCCCCCCCCCC(=C)NC(CCC(=C)C)C(=C)C. The number of rotatable bonds is 25. The van der Waals surface area contributed by atoms with Crippen LogP contribution in [0, 0.1) is 0 Å². The van der Waals surface area contributed by atoms with Crippen LogP contribution < -0.4 is 5.32 Å². The molecule has 0 aliphatic carbocycles. The molecule has 1 unspecified atom stereocenters. The fraction of sp³-hybridized carbons (Fsp3) is 0.750. The molecule has 0 amide bonds. The molecule has 1 N–H and O–H groups in total. The molecule has 0 heterocycles. The van der Waals surface area contributed by atoms with Gasteiger partial charge in [0, 0.05) is 11.7 Å². The summed E-state index contributed by atoms with van der Waals surface area (Å²) in [5.74, 6) is 0. The van der Waals surface area contributed by atoms with E-state index < -0.39 is 0 Å². The summed E-state index contributed by atoms with van der Waals surface area (Å²) in [5, 5.41) is 3.59. The lowest BCUT2D eigenvalue weighted by molar-refractivity contribution is 0.524. The van der Waals surface area contributed by atoms with E-state index in [1.807, 2.05) is 0 Å². The number of hydrogen-bond donors (Lipinski definition) is 1. The van der Waals surface area contributed by atoms with Crippen molar-refractivity contribution in [1.82, 2.24) is 5.32 Å². The Kier molecular flexibility index (Phi) is 21.7. The van der Waals surface area contributed by atoms with Crippen LogP contribution in [0.1, 0.15) is 149 Å². The highest BCUT2D eigenvalue weighted by atomic mass is 14.9. The molecular formula is C32H59N. The third kappa shape index (κ3) is 23.7. The monoisotopic (exact) mass is 457 g/mol. The molecule has 0 aromatic heterocycles. The average molecular weight is 458 g/mol. The zero-order chi connectivity index (χ0) is 24.7. The Bertz CT molecular complexity index is 527. The summed E-state index contributed by atoms with van der Waals surface area (Å²) >= 11 is 0. The summed E-state index contributed by atoms with van der Waals surface area (Å²) in [4.78, 5) is 0. The molecule has 33 heavy (non-hydrogen) atoms. The van der Waals surface area contributed by atoms with Gasteiger partial charge in [0.1, 0.15) is 0 Å². The van der Waals surface area contributed by atoms with Crippen molar-refractivity contribution in [2.45, 2.75) is 155 Å². The molecule has 0 aliphatic heterocycles. The van der Waals surface area contributed by atoms with E-state index in [1.165, 1.54) is 132 Å². The second-order valence-corrected chi connectivity index (χ2v) is 10.8. The quantitative estimate of drug-likeness (QED) is 0.106. The molecule has 0 aromatic rings. The molecule has 0 saturated heterocycles. The van der Waals surface area contributed by atoms with Gasteiger partial charge in [-0.1, -0.05) is 120 Å². The Hall–Kier alpha value is -1.24. The second-order valence-electron chi connectivity index (χ2n) is 10.8. The van der Waals surface area contributed by atoms with E-state index in [2.05, 4.69) is 52.4 Å². The first-order chi connectivity index (χ1) is 15.8. The van der Waals surface area contributed by atoms with Crippen molar-refractivity contribution in [2.24, 2.45) is 0 Å². The van der Waals surface area contributed by atoms with Crippen LogP contribution in [0.4, 0.5) is 0 Å². The number of unbranched alkanes of at least 4 members (excludes halogenated alkanes) is 15. The van der Waals surface area contributed by atoms with Crippen LogP contribution >= 0.6 is 0 Å². The largest absolute Gasteiger partial charge is 0.382 e. The van der Waals surface area contributed by atoms with Crippen LogP contribution in [-0.4, -0.2) is 6.04 Å². The minimum absolute atomic E-state index is 0.339. The van der Waals surface area contributed by atoms with Crippen molar-refractivity contribution >= 4 is 0 Å². The summed E-state index contributed by atoms with van der Waals surface area (Å²) in [6, 6.07) is 0.339. The number of allylic oxidation sites excluding steroid dienone is 3. The van der Waals surface area contributed by atoms with Gasteiger partial charge < -0.3 is 5.32 Å². The molecular weight excluding hydrogens is 398 g/mol. The van der Waals surface area contributed by atoms with Crippen LogP contribution in [0.15, 0.2) is 48.7 Å². The van der Waals surface area contributed by atoms with Crippen LogP contribution in [0.5, 0.6) is 0 Å². The van der Waals surface area contributed by atoms with E-state index in [0.717, 1.165) is 19.3 Å². The standard InChI is InChI=1S/C32H59N/c1-28(2)24-22-20-18-16-14-12-10-8-9-11-13-15-17-19-21-23-25-31(7)33-32(30(5)6)27-26-29(3)4/h32-33H,1,3,5,7-27H2,2,4,6H3. The molecule has 1 atom stereocenters. The zero-order valence-electron chi connectivity index (χ0n) is 23.0. The van der Waals surface area contributed by atoms with Crippen LogP contribution in [0.2, 0.25) is 0 Å². The van der Waals surface area contributed by atoms with Crippen molar-refractivity contribution in [1.29, 1.82) is 0 Å². The van der Waals surface area contributed by atoms with E-state index in [9.17, 15) is 0 Å². The average Bonchev–Trinajstić information content (AvgIpc) is 2.75. The first-order valence-corrected chi connectivity index (χ1v) is 14.2. The van der Waals surface area contributed by atoms with E-state index in [0.29, 0.717) is 6.04 Å². The van der Waals surface area contributed by atoms with Crippen LogP contribution in [-0.2, 0) is 0 Å². The summed E-state index contributed by atoms with van der Waals surface area (Å²) < 4.78 is 0. The fourth-order valence-electron chi connectivity index (χ4n) is 4.39. The van der Waals surface area contributed by atoms with Gasteiger partial charge in [-0.15, -0.1) is 13.2 Å². The maximum Gasteiger partial charge on any atom is 0.0468 e.